The molecule has 2 rings (SSSR count). The summed E-state index contributed by atoms with van der Waals surface area (Å²) in [5.41, 5.74) is 0.952. The number of aryl methyl sites for hydroxylation is 1. The van der Waals surface area contributed by atoms with Crippen molar-refractivity contribution in [1.29, 1.82) is 0 Å². The third kappa shape index (κ3) is 1.75. The first kappa shape index (κ1) is 9.52. The average molecular weight is 195 g/mol. The van der Waals surface area contributed by atoms with E-state index in [4.69, 9.17) is 4.52 Å². The number of anilines is 1. The molecule has 1 aromatic rings. The maximum atomic E-state index is 5.28. The van der Waals surface area contributed by atoms with Crippen LogP contribution in [0, 0.1) is 6.92 Å². The third-order valence-electron chi connectivity index (χ3n) is 2.72. The second kappa shape index (κ2) is 4.00. The van der Waals surface area contributed by atoms with Crippen LogP contribution in [0.3, 0.4) is 0 Å². The molecular weight excluding hydrogens is 178 g/mol. The zero-order valence-corrected chi connectivity index (χ0v) is 8.79. The number of hydrogen-bond acceptors (Lipinski definition) is 4. The molecule has 0 radical (unpaired) electrons. The van der Waals surface area contributed by atoms with E-state index in [0.29, 0.717) is 6.04 Å². The van der Waals surface area contributed by atoms with Gasteiger partial charge in [0, 0.05) is 31.7 Å². The Labute approximate surface area is 84.3 Å². The van der Waals surface area contributed by atoms with E-state index >= 15 is 0 Å². The van der Waals surface area contributed by atoms with Crippen LogP contribution >= 0.6 is 0 Å². The summed E-state index contributed by atoms with van der Waals surface area (Å²) in [6.45, 7) is 7.23. The van der Waals surface area contributed by atoms with Crippen LogP contribution in [0.1, 0.15) is 19.0 Å². The number of nitrogens with zero attached hydrogens (tertiary/aromatic N) is 2. The summed E-state index contributed by atoms with van der Waals surface area (Å²) in [5, 5.41) is 7.31. The lowest BCUT2D eigenvalue weighted by Crippen LogP contribution is -2.51. The van der Waals surface area contributed by atoms with E-state index in [9.17, 15) is 0 Å². The van der Waals surface area contributed by atoms with Gasteiger partial charge in [-0.25, -0.2) is 0 Å². The van der Waals surface area contributed by atoms with E-state index in [1.54, 1.807) is 0 Å². The van der Waals surface area contributed by atoms with Gasteiger partial charge in [-0.2, -0.15) is 0 Å². The minimum atomic E-state index is 0.538. The van der Waals surface area contributed by atoms with E-state index in [-0.39, 0.29) is 0 Å². The normalized spacial score (nSPS) is 22.7. The molecule has 0 amide bonds. The fourth-order valence-electron chi connectivity index (χ4n) is 1.90. The molecule has 4 nitrogen and oxygen atoms in total. The molecular formula is C10H17N3O. The van der Waals surface area contributed by atoms with Crippen molar-refractivity contribution in [3.63, 3.8) is 0 Å². The number of piperazine rings is 1. The molecule has 1 aliphatic rings. The molecule has 1 aromatic heterocycles. The summed E-state index contributed by atoms with van der Waals surface area (Å²) in [5.74, 6) is 0.913. The van der Waals surface area contributed by atoms with Gasteiger partial charge in [-0.15, -0.1) is 0 Å². The molecule has 0 bridgehead atoms. The summed E-state index contributed by atoms with van der Waals surface area (Å²) in [6.07, 6.45) is 1.13. The van der Waals surface area contributed by atoms with Crippen molar-refractivity contribution in [3.8, 4) is 0 Å². The van der Waals surface area contributed by atoms with Gasteiger partial charge in [0.15, 0.2) is 0 Å². The van der Waals surface area contributed by atoms with Crippen LogP contribution in [-0.4, -0.2) is 30.8 Å². The van der Waals surface area contributed by atoms with Gasteiger partial charge in [-0.3, -0.25) is 0 Å². The SMILES string of the molecule is CCC1CNCCN1c1cc(C)no1. The highest BCUT2D eigenvalue weighted by atomic mass is 16.5. The van der Waals surface area contributed by atoms with Crippen molar-refractivity contribution in [2.75, 3.05) is 24.5 Å². The van der Waals surface area contributed by atoms with Crippen LogP contribution < -0.4 is 10.2 Å². The summed E-state index contributed by atoms with van der Waals surface area (Å²) in [7, 11) is 0. The molecule has 0 aromatic carbocycles. The Kier molecular flexibility index (Phi) is 2.72. The van der Waals surface area contributed by atoms with Crippen LogP contribution in [0.5, 0.6) is 0 Å². The Morgan fingerprint density at radius 2 is 2.57 bits per heavy atom. The van der Waals surface area contributed by atoms with Crippen LogP contribution in [0.2, 0.25) is 0 Å². The highest BCUT2D eigenvalue weighted by molar-refractivity contribution is 5.37. The summed E-state index contributed by atoms with van der Waals surface area (Å²) in [6, 6.07) is 2.55. The lowest BCUT2D eigenvalue weighted by molar-refractivity contribution is 0.376. The van der Waals surface area contributed by atoms with Gasteiger partial charge in [0.2, 0.25) is 5.88 Å². The van der Waals surface area contributed by atoms with Crippen molar-refractivity contribution in [1.82, 2.24) is 10.5 Å². The average Bonchev–Trinajstić information content (AvgIpc) is 2.65. The first-order chi connectivity index (χ1) is 6.81. The van der Waals surface area contributed by atoms with Gasteiger partial charge in [0.05, 0.1) is 5.69 Å². The summed E-state index contributed by atoms with van der Waals surface area (Å²) >= 11 is 0. The molecule has 1 atom stereocenters. The van der Waals surface area contributed by atoms with Crippen LogP contribution in [0.15, 0.2) is 10.6 Å². The van der Waals surface area contributed by atoms with Gasteiger partial charge in [-0.1, -0.05) is 12.1 Å². The predicted octanol–water partition coefficient (Wildman–Crippen LogP) is 1.17. The fourth-order valence-corrected chi connectivity index (χ4v) is 1.90. The number of rotatable bonds is 2. The predicted molar refractivity (Wildman–Crippen MR) is 55.5 cm³/mol. The maximum absolute atomic E-state index is 5.28. The molecule has 78 valence electrons. The topological polar surface area (TPSA) is 41.3 Å². The zero-order chi connectivity index (χ0) is 9.97. The van der Waals surface area contributed by atoms with Crippen molar-refractivity contribution in [2.45, 2.75) is 26.3 Å². The van der Waals surface area contributed by atoms with Crippen molar-refractivity contribution < 1.29 is 4.52 Å². The maximum Gasteiger partial charge on any atom is 0.227 e. The summed E-state index contributed by atoms with van der Waals surface area (Å²) in [4.78, 5) is 2.30. The zero-order valence-electron chi connectivity index (χ0n) is 8.79. The van der Waals surface area contributed by atoms with Gasteiger partial charge < -0.3 is 14.7 Å². The lowest BCUT2D eigenvalue weighted by Gasteiger charge is -2.34. The quantitative estimate of drug-likeness (QED) is 0.769. The standard InChI is InChI=1S/C10H17N3O/c1-3-9-7-11-4-5-13(9)10-6-8(2)12-14-10/h6,9,11H,3-5,7H2,1-2H3. The molecule has 2 heterocycles. The van der Waals surface area contributed by atoms with E-state index < -0.39 is 0 Å². The molecule has 1 unspecified atom stereocenters. The molecule has 1 aliphatic heterocycles. The molecule has 0 spiro atoms. The molecule has 0 aliphatic carbocycles. The Bertz CT molecular complexity index is 297. The van der Waals surface area contributed by atoms with E-state index in [1.165, 1.54) is 0 Å². The Hall–Kier alpha value is -1.03. The monoisotopic (exact) mass is 195 g/mol. The molecule has 14 heavy (non-hydrogen) atoms. The Balaban J connectivity index is 2.14. The highest BCUT2D eigenvalue weighted by Gasteiger charge is 2.23. The van der Waals surface area contributed by atoms with Crippen molar-refractivity contribution >= 4 is 5.88 Å². The lowest BCUT2D eigenvalue weighted by atomic mass is 10.1. The first-order valence-electron chi connectivity index (χ1n) is 5.22. The van der Waals surface area contributed by atoms with Crippen LogP contribution in [0.4, 0.5) is 5.88 Å². The third-order valence-corrected chi connectivity index (χ3v) is 2.72. The first-order valence-corrected chi connectivity index (χ1v) is 5.22. The number of aromatic nitrogens is 1. The van der Waals surface area contributed by atoms with E-state index in [1.807, 2.05) is 13.0 Å². The fraction of sp³-hybridized carbons (Fsp3) is 0.700. The van der Waals surface area contributed by atoms with Gasteiger partial charge >= 0.3 is 0 Å². The molecule has 1 saturated heterocycles. The van der Waals surface area contributed by atoms with Crippen molar-refractivity contribution in [3.05, 3.63) is 11.8 Å². The summed E-state index contributed by atoms with van der Waals surface area (Å²) < 4.78 is 5.28. The number of hydrogen-bond donors (Lipinski definition) is 1. The minimum Gasteiger partial charge on any atom is -0.338 e. The van der Waals surface area contributed by atoms with Crippen LogP contribution in [0.25, 0.3) is 0 Å². The highest BCUT2D eigenvalue weighted by Crippen LogP contribution is 2.20. The largest absolute Gasteiger partial charge is 0.338 e. The molecule has 0 saturated carbocycles. The van der Waals surface area contributed by atoms with E-state index in [0.717, 1.165) is 37.6 Å². The van der Waals surface area contributed by atoms with Gasteiger partial charge in [0.1, 0.15) is 0 Å². The minimum absolute atomic E-state index is 0.538. The molecule has 4 heteroatoms. The molecule has 1 fully saturated rings. The van der Waals surface area contributed by atoms with E-state index in [2.05, 4.69) is 22.3 Å². The van der Waals surface area contributed by atoms with Crippen LogP contribution in [-0.2, 0) is 0 Å². The smallest absolute Gasteiger partial charge is 0.227 e. The van der Waals surface area contributed by atoms with Gasteiger partial charge in [-0.05, 0) is 13.3 Å². The van der Waals surface area contributed by atoms with Crippen molar-refractivity contribution in [2.24, 2.45) is 0 Å². The molecule has 1 N–H and O–H groups in total. The Morgan fingerprint density at radius 3 is 3.21 bits per heavy atom. The second-order valence-electron chi connectivity index (χ2n) is 3.77. The number of nitrogens with one attached hydrogen (secondary N) is 1. The Morgan fingerprint density at radius 1 is 1.71 bits per heavy atom. The second-order valence-corrected chi connectivity index (χ2v) is 3.77. The van der Waals surface area contributed by atoms with Gasteiger partial charge in [0.25, 0.3) is 0 Å².